The molecule has 1 heterocycles. The number of fused-ring (bicyclic) bond motifs is 1. The number of amides is 1. The van der Waals surface area contributed by atoms with Gasteiger partial charge in [-0.3, -0.25) is 9.78 Å². The highest BCUT2D eigenvalue weighted by Gasteiger charge is 2.21. The van der Waals surface area contributed by atoms with Crippen LogP contribution in [0.3, 0.4) is 0 Å². The number of rotatable bonds is 3. The predicted molar refractivity (Wildman–Crippen MR) is 86.3 cm³/mol. The van der Waals surface area contributed by atoms with Gasteiger partial charge in [-0.05, 0) is 30.9 Å². The summed E-state index contributed by atoms with van der Waals surface area (Å²) in [6.07, 6.45) is 8.73. The first-order valence-corrected chi connectivity index (χ1v) is 7.86. The number of aromatic nitrogens is 1. The van der Waals surface area contributed by atoms with Crippen LogP contribution in [0.5, 0.6) is 0 Å². The molecular formula is C18H22N2O. The van der Waals surface area contributed by atoms with Crippen molar-refractivity contribution in [2.45, 2.75) is 38.5 Å². The molecule has 1 aliphatic rings. The molecule has 0 radical (unpaired) electrons. The zero-order valence-electron chi connectivity index (χ0n) is 12.6. The van der Waals surface area contributed by atoms with Crippen LogP contribution in [0.2, 0.25) is 0 Å². The number of hydrogen-bond donors (Lipinski definition) is 0. The van der Waals surface area contributed by atoms with E-state index >= 15 is 0 Å². The van der Waals surface area contributed by atoms with E-state index < -0.39 is 0 Å². The molecule has 1 saturated carbocycles. The number of carbonyl (C=O) groups is 1. The van der Waals surface area contributed by atoms with Crippen molar-refractivity contribution in [2.24, 2.45) is 5.92 Å². The van der Waals surface area contributed by atoms with Gasteiger partial charge in [-0.25, -0.2) is 0 Å². The number of anilines is 1. The van der Waals surface area contributed by atoms with Gasteiger partial charge in [0.05, 0.1) is 11.2 Å². The summed E-state index contributed by atoms with van der Waals surface area (Å²) in [5.74, 6) is 0.775. The third-order valence-corrected chi connectivity index (χ3v) is 4.53. The maximum atomic E-state index is 12.6. The maximum absolute atomic E-state index is 12.6. The summed E-state index contributed by atoms with van der Waals surface area (Å²) in [6, 6.07) is 9.96. The molecule has 0 unspecified atom stereocenters. The quantitative estimate of drug-likeness (QED) is 0.846. The number of nitrogens with zero attached hydrogens (tertiary/aromatic N) is 2. The average molecular weight is 282 g/mol. The fraction of sp³-hybridized carbons (Fsp3) is 0.444. The second kappa shape index (κ2) is 6.25. The highest BCUT2D eigenvalue weighted by Crippen LogP contribution is 2.29. The summed E-state index contributed by atoms with van der Waals surface area (Å²) < 4.78 is 0. The molecule has 0 bridgehead atoms. The molecule has 1 fully saturated rings. The first-order chi connectivity index (χ1) is 10.3. The van der Waals surface area contributed by atoms with Crippen molar-refractivity contribution in [2.75, 3.05) is 11.9 Å². The Hall–Kier alpha value is -1.90. The molecular weight excluding hydrogens is 260 g/mol. The smallest absolute Gasteiger partial charge is 0.227 e. The SMILES string of the molecule is CN(C(=O)CC1CCCCC1)c1cccc2cccnc12. The van der Waals surface area contributed by atoms with E-state index in [0.29, 0.717) is 12.3 Å². The summed E-state index contributed by atoms with van der Waals surface area (Å²) in [5, 5.41) is 1.08. The molecule has 1 aromatic heterocycles. The first-order valence-electron chi connectivity index (χ1n) is 7.86. The van der Waals surface area contributed by atoms with Gasteiger partial charge in [-0.2, -0.15) is 0 Å². The van der Waals surface area contributed by atoms with Crippen LogP contribution in [-0.2, 0) is 4.79 Å². The van der Waals surface area contributed by atoms with Crippen molar-refractivity contribution in [3.63, 3.8) is 0 Å². The Morgan fingerprint density at radius 2 is 1.95 bits per heavy atom. The van der Waals surface area contributed by atoms with Crippen LogP contribution in [0.1, 0.15) is 38.5 Å². The summed E-state index contributed by atoms with van der Waals surface area (Å²) >= 11 is 0. The lowest BCUT2D eigenvalue weighted by Gasteiger charge is -2.24. The van der Waals surface area contributed by atoms with Crippen LogP contribution in [0, 0.1) is 5.92 Å². The molecule has 21 heavy (non-hydrogen) atoms. The second-order valence-electron chi connectivity index (χ2n) is 6.01. The molecule has 110 valence electrons. The molecule has 3 rings (SSSR count). The Bertz CT molecular complexity index is 627. The summed E-state index contributed by atoms with van der Waals surface area (Å²) in [7, 11) is 1.87. The van der Waals surface area contributed by atoms with Gasteiger partial charge in [0.15, 0.2) is 0 Å². The van der Waals surface area contributed by atoms with Crippen LogP contribution in [0.4, 0.5) is 5.69 Å². The van der Waals surface area contributed by atoms with Crippen LogP contribution >= 0.6 is 0 Å². The van der Waals surface area contributed by atoms with Gasteiger partial charge < -0.3 is 4.90 Å². The molecule has 0 spiro atoms. The molecule has 2 aromatic rings. The Morgan fingerprint density at radius 1 is 1.19 bits per heavy atom. The van der Waals surface area contributed by atoms with E-state index in [0.717, 1.165) is 16.6 Å². The number of para-hydroxylation sites is 1. The molecule has 3 nitrogen and oxygen atoms in total. The standard InChI is InChI=1S/C18H22N2O/c1-20(17(21)13-14-7-3-2-4-8-14)16-11-5-9-15-10-6-12-19-18(15)16/h5-6,9-12,14H,2-4,7-8,13H2,1H3. The molecule has 0 saturated heterocycles. The summed E-state index contributed by atoms with van der Waals surface area (Å²) in [4.78, 5) is 18.8. The van der Waals surface area contributed by atoms with Gasteiger partial charge in [0.25, 0.3) is 0 Å². The van der Waals surface area contributed by atoms with Crippen LogP contribution < -0.4 is 4.90 Å². The lowest BCUT2D eigenvalue weighted by atomic mass is 9.86. The Balaban J connectivity index is 1.79. The Kier molecular flexibility index (Phi) is 4.18. The van der Waals surface area contributed by atoms with Crippen molar-refractivity contribution >= 4 is 22.5 Å². The lowest BCUT2D eigenvalue weighted by Crippen LogP contribution is -2.29. The lowest BCUT2D eigenvalue weighted by molar-refractivity contribution is -0.119. The highest BCUT2D eigenvalue weighted by molar-refractivity contribution is 6.01. The molecule has 1 aliphatic carbocycles. The first kappa shape index (κ1) is 14.1. The second-order valence-corrected chi connectivity index (χ2v) is 6.01. The van der Waals surface area contributed by atoms with Gasteiger partial charge in [0.1, 0.15) is 0 Å². The van der Waals surface area contributed by atoms with E-state index in [-0.39, 0.29) is 5.91 Å². The van der Waals surface area contributed by atoms with Crippen molar-refractivity contribution < 1.29 is 4.79 Å². The number of hydrogen-bond acceptors (Lipinski definition) is 2. The number of pyridine rings is 1. The third-order valence-electron chi connectivity index (χ3n) is 4.53. The van der Waals surface area contributed by atoms with E-state index in [9.17, 15) is 4.79 Å². The van der Waals surface area contributed by atoms with Crippen LogP contribution in [0.25, 0.3) is 10.9 Å². The molecule has 0 atom stereocenters. The van der Waals surface area contributed by atoms with Crippen LogP contribution in [-0.4, -0.2) is 17.9 Å². The Labute approximate surface area is 126 Å². The maximum Gasteiger partial charge on any atom is 0.227 e. The number of carbonyl (C=O) groups excluding carboxylic acids is 1. The fourth-order valence-electron chi connectivity index (χ4n) is 3.27. The van der Waals surface area contributed by atoms with Gasteiger partial charge in [0, 0.05) is 25.1 Å². The minimum atomic E-state index is 0.208. The molecule has 3 heteroatoms. The zero-order valence-corrected chi connectivity index (χ0v) is 12.6. The van der Waals surface area contributed by atoms with E-state index in [1.54, 1.807) is 11.1 Å². The van der Waals surface area contributed by atoms with Gasteiger partial charge in [0.2, 0.25) is 5.91 Å². The van der Waals surface area contributed by atoms with Crippen molar-refractivity contribution in [1.29, 1.82) is 0 Å². The van der Waals surface area contributed by atoms with E-state index in [4.69, 9.17) is 0 Å². The zero-order chi connectivity index (χ0) is 14.7. The highest BCUT2D eigenvalue weighted by atomic mass is 16.2. The normalized spacial score (nSPS) is 16.0. The number of benzene rings is 1. The molecule has 0 N–H and O–H groups in total. The van der Waals surface area contributed by atoms with Crippen molar-refractivity contribution in [3.8, 4) is 0 Å². The summed E-state index contributed by atoms with van der Waals surface area (Å²) in [6.45, 7) is 0. The molecule has 0 aliphatic heterocycles. The predicted octanol–water partition coefficient (Wildman–Crippen LogP) is 4.17. The Morgan fingerprint density at radius 3 is 2.76 bits per heavy atom. The van der Waals surface area contributed by atoms with E-state index in [1.807, 2.05) is 37.4 Å². The largest absolute Gasteiger partial charge is 0.313 e. The van der Waals surface area contributed by atoms with Gasteiger partial charge >= 0.3 is 0 Å². The summed E-state index contributed by atoms with van der Waals surface area (Å²) in [5.41, 5.74) is 1.81. The van der Waals surface area contributed by atoms with Gasteiger partial charge in [-0.15, -0.1) is 0 Å². The fourth-order valence-corrected chi connectivity index (χ4v) is 3.27. The topological polar surface area (TPSA) is 33.2 Å². The molecule has 1 amide bonds. The minimum Gasteiger partial charge on any atom is -0.313 e. The van der Waals surface area contributed by atoms with Crippen LogP contribution in [0.15, 0.2) is 36.5 Å². The minimum absolute atomic E-state index is 0.208. The van der Waals surface area contributed by atoms with Crippen molar-refractivity contribution in [1.82, 2.24) is 4.98 Å². The molecule has 1 aromatic carbocycles. The van der Waals surface area contributed by atoms with E-state index in [2.05, 4.69) is 4.98 Å². The average Bonchev–Trinajstić information content (AvgIpc) is 2.54. The monoisotopic (exact) mass is 282 g/mol. The van der Waals surface area contributed by atoms with Gasteiger partial charge in [-0.1, -0.05) is 37.5 Å². The van der Waals surface area contributed by atoms with E-state index in [1.165, 1.54) is 32.1 Å². The third kappa shape index (κ3) is 3.07. The van der Waals surface area contributed by atoms with Crippen molar-refractivity contribution in [3.05, 3.63) is 36.5 Å².